The summed E-state index contributed by atoms with van der Waals surface area (Å²) in [5, 5.41) is 3.26. The van der Waals surface area contributed by atoms with Gasteiger partial charge >= 0.3 is 0 Å². The fourth-order valence-electron chi connectivity index (χ4n) is 1.83. The minimum atomic E-state index is -3.69. The van der Waals surface area contributed by atoms with Crippen LogP contribution in [0.1, 0.15) is 11.1 Å². The van der Waals surface area contributed by atoms with E-state index in [0.29, 0.717) is 11.6 Å². The summed E-state index contributed by atoms with van der Waals surface area (Å²) in [6.45, 7) is 1.86. The fraction of sp³-hybridized carbons (Fsp3) is 0.188. The Morgan fingerprint density at radius 3 is 2.26 bits per heavy atom. The molecule has 0 aromatic heterocycles. The lowest BCUT2D eigenvalue weighted by atomic mass is 10.2. The Labute approximate surface area is 140 Å². The summed E-state index contributed by atoms with van der Waals surface area (Å²) in [5.41, 5.74) is 1.84. The standard InChI is InChI=1S/C16H17ClN2O3S/c1-12-2-8-15(9-3-12)23(21,22)19-11-16(20)18-10-13-4-6-14(17)7-5-13/h2-9,19H,10-11H2,1H3,(H,18,20). The zero-order chi connectivity index (χ0) is 16.9. The zero-order valence-electron chi connectivity index (χ0n) is 12.5. The highest BCUT2D eigenvalue weighted by molar-refractivity contribution is 7.89. The fourth-order valence-corrected chi connectivity index (χ4v) is 2.93. The molecule has 5 nitrogen and oxygen atoms in total. The molecule has 0 aliphatic heterocycles. The normalized spacial score (nSPS) is 11.2. The second-order valence-electron chi connectivity index (χ2n) is 5.04. The number of sulfonamides is 1. The molecule has 122 valence electrons. The summed E-state index contributed by atoms with van der Waals surface area (Å²) in [5.74, 6) is -0.407. The molecule has 2 N–H and O–H groups in total. The maximum absolute atomic E-state index is 12.1. The second-order valence-corrected chi connectivity index (χ2v) is 7.24. The number of hydrogen-bond donors (Lipinski definition) is 2. The number of carbonyl (C=O) groups is 1. The number of benzene rings is 2. The van der Waals surface area contributed by atoms with E-state index in [9.17, 15) is 13.2 Å². The largest absolute Gasteiger partial charge is 0.351 e. The summed E-state index contributed by atoms with van der Waals surface area (Å²) in [4.78, 5) is 11.9. The molecule has 7 heteroatoms. The lowest BCUT2D eigenvalue weighted by Gasteiger charge is -2.08. The Morgan fingerprint density at radius 2 is 1.65 bits per heavy atom. The Balaban J connectivity index is 1.86. The van der Waals surface area contributed by atoms with Gasteiger partial charge in [-0.05, 0) is 36.8 Å². The third-order valence-corrected chi connectivity index (χ3v) is 4.83. The van der Waals surface area contributed by atoms with Crippen molar-refractivity contribution in [1.29, 1.82) is 0 Å². The number of aryl methyl sites for hydroxylation is 1. The minimum Gasteiger partial charge on any atom is -0.351 e. The monoisotopic (exact) mass is 352 g/mol. The summed E-state index contributed by atoms with van der Waals surface area (Å²) < 4.78 is 26.4. The van der Waals surface area contributed by atoms with Crippen LogP contribution in [-0.4, -0.2) is 20.9 Å². The van der Waals surface area contributed by atoms with Gasteiger partial charge in [0, 0.05) is 11.6 Å². The number of nitrogens with one attached hydrogen (secondary N) is 2. The highest BCUT2D eigenvalue weighted by Gasteiger charge is 2.14. The second kappa shape index (κ2) is 7.59. The van der Waals surface area contributed by atoms with Gasteiger partial charge in [-0.15, -0.1) is 0 Å². The summed E-state index contributed by atoms with van der Waals surface area (Å²) in [6.07, 6.45) is 0. The van der Waals surface area contributed by atoms with Gasteiger partial charge in [-0.3, -0.25) is 4.79 Å². The molecular formula is C16H17ClN2O3S. The van der Waals surface area contributed by atoms with E-state index in [0.717, 1.165) is 11.1 Å². The van der Waals surface area contributed by atoms with Crippen LogP contribution in [0.4, 0.5) is 0 Å². The molecule has 2 aromatic carbocycles. The Morgan fingerprint density at radius 1 is 1.04 bits per heavy atom. The van der Waals surface area contributed by atoms with E-state index in [4.69, 9.17) is 11.6 Å². The first-order chi connectivity index (χ1) is 10.9. The van der Waals surface area contributed by atoms with E-state index < -0.39 is 15.9 Å². The van der Waals surface area contributed by atoms with Gasteiger partial charge in [0.15, 0.2) is 0 Å². The van der Waals surface area contributed by atoms with E-state index in [1.807, 2.05) is 6.92 Å². The van der Waals surface area contributed by atoms with E-state index in [-0.39, 0.29) is 11.4 Å². The van der Waals surface area contributed by atoms with Crippen molar-refractivity contribution in [3.05, 3.63) is 64.7 Å². The van der Waals surface area contributed by atoms with Crippen LogP contribution in [0.3, 0.4) is 0 Å². The van der Waals surface area contributed by atoms with E-state index in [1.165, 1.54) is 12.1 Å². The number of carbonyl (C=O) groups excluding carboxylic acids is 1. The van der Waals surface area contributed by atoms with Crippen LogP contribution in [0.25, 0.3) is 0 Å². The van der Waals surface area contributed by atoms with Crippen molar-refractivity contribution in [2.45, 2.75) is 18.4 Å². The number of hydrogen-bond acceptors (Lipinski definition) is 3. The summed E-state index contributed by atoms with van der Waals surface area (Å²) >= 11 is 5.78. The van der Waals surface area contributed by atoms with Crippen LogP contribution in [0.2, 0.25) is 5.02 Å². The molecule has 0 fully saturated rings. The van der Waals surface area contributed by atoms with Crippen molar-refractivity contribution >= 4 is 27.5 Å². The zero-order valence-corrected chi connectivity index (χ0v) is 14.1. The van der Waals surface area contributed by atoms with Crippen molar-refractivity contribution in [2.75, 3.05) is 6.54 Å². The first-order valence-corrected chi connectivity index (χ1v) is 8.80. The van der Waals surface area contributed by atoms with Crippen molar-refractivity contribution in [2.24, 2.45) is 0 Å². The molecule has 0 unspecified atom stereocenters. The number of rotatable bonds is 6. The lowest BCUT2D eigenvalue weighted by molar-refractivity contribution is -0.120. The van der Waals surface area contributed by atoms with Crippen molar-refractivity contribution in [3.63, 3.8) is 0 Å². The summed E-state index contributed by atoms with van der Waals surface area (Å²) in [6, 6.07) is 13.4. The van der Waals surface area contributed by atoms with Crippen LogP contribution >= 0.6 is 11.6 Å². The lowest BCUT2D eigenvalue weighted by Crippen LogP contribution is -2.36. The summed E-state index contributed by atoms with van der Waals surface area (Å²) in [7, 11) is -3.69. The van der Waals surface area contributed by atoms with Gasteiger partial charge in [0.1, 0.15) is 0 Å². The maximum atomic E-state index is 12.1. The molecule has 0 saturated carbocycles. The average molecular weight is 353 g/mol. The molecule has 0 bridgehead atoms. The predicted molar refractivity (Wildman–Crippen MR) is 89.7 cm³/mol. The van der Waals surface area contributed by atoms with E-state index in [2.05, 4.69) is 10.0 Å². The molecule has 0 aliphatic rings. The molecule has 2 rings (SSSR count). The molecule has 0 atom stereocenters. The molecule has 0 saturated heterocycles. The van der Waals surface area contributed by atoms with Crippen molar-refractivity contribution in [1.82, 2.24) is 10.0 Å². The molecule has 0 spiro atoms. The first-order valence-electron chi connectivity index (χ1n) is 6.94. The highest BCUT2D eigenvalue weighted by atomic mass is 35.5. The molecule has 2 aromatic rings. The van der Waals surface area contributed by atoms with Crippen LogP contribution < -0.4 is 10.0 Å². The molecule has 0 heterocycles. The third kappa shape index (κ3) is 5.35. The Hall–Kier alpha value is -1.89. The first kappa shape index (κ1) is 17.5. The van der Waals surface area contributed by atoms with Gasteiger partial charge in [-0.1, -0.05) is 41.4 Å². The smallest absolute Gasteiger partial charge is 0.241 e. The quantitative estimate of drug-likeness (QED) is 0.837. The molecule has 23 heavy (non-hydrogen) atoms. The van der Waals surface area contributed by atoms with Gasteiger partial charge < -0.3 is 5.32 Å². The highest BCUT2D eigenvalue weighted by Crippen LogP contribution is 2.10. The van der Waals surface area contributed by atoms with Gasteiger partial charge in [0.2, 0.25) is 15.9 Å². The molecular weight excluding hydrogens is 336 g/mol. The average Bonchev–Trinajstić information content (AvgIpc) is 2.53. The van der Waals surface area contributed by atoms with Crippen LogP contribution in [0.15, 0.2) is 53.4 Å². The topological polar surface area (TPSA) is 75.3 Å². The minimum absolute atomic E-state index is 0.133. The van der Waals surface area contributed by atoms with Crippen molar-refractivity contribution < 1.29 is 13.2 Å². The van der Waals surface area contributed by atoms with E-state index in [1.54, 1.807) is 36.4 Å². The Kier molecular flexibility index (Phi) is 5.76. The Bertz CT molecular complexity index is 772. The van der Waals surface area contributed by atoms with Gasteiger partial charge in [-0.25, -0.2) is 13.1 Å². The predicted octanol–water partition coefficient (Wildman–Crippen LogP) is 2.24. The van der Waals surface area contributed by atoms with Gasteiger partial charge in [0.05, 0.1) is 11.4 Å². The van der Waals surface area contributed by atoms with Crippen molar-refractivity contribution in [3.8, 4) is 0 Å². The van der Waals surface area contributed by atoms with Crippen LogP contribution in [0.5, 0.6) is 0 Å². The van der Waals surface area contributed by atoms with E-state index >= 15 is 0 Å². The van der Waals surface area contributed by atoms with Gasteiger partial charge in [-0.2, -0.15) is 0 Å². The van der Waals surface area contributed by atoms with Crippen LogP contribution in [0, 0.1) is 6.92 Å². The molecule has 0 aliphatic carbocycles. The SMILES string of the molecule is Cc1ccc(S(=O)(=O)NCC(=O)NCc2ccc(Cl)cc2)cc1. The molecule has 1 amide bonds. The molecule has 0 radical (unpaired) electrons. The van der Waals surface area contributed by atoms with Gasteiger partial charge in [0.25, 0.3) is 0 Å². The number of halogens is 1. The van der Waals surface area contributed by atoms with Crippen LogP contribution in [-0.2, 0) is 21.4 Å². The third-order valence-electron chi connectivity index (χ3n) is 3.16. The number of amides is 1. The maximum Gasteiger partial charge on any atom is 0.241 e.